The second kappa shape index (κ2) is 11.0. The average molecular weight is 450 g/mol. The quantitative estimate of drug-likeness (QED) is 0.498. The third-order valence-electron chi connectivity index (χ3n) is 4.97. The molecule has 172 valence electrons. The normalized spacial score (nSPS) is 10.3. The molecule has 1 N–H and O–H groups in total. The Balaban J connectivity index is 1.59. The van der Waals surface area contributed by atoms with Gasteiger partial charge in [-0.05, 0) is 25.1 Å². The highest BCUT2D eigenvalue weighted by molar-refractivity contribution is 5.92. The van der Waals surface area contributed by atoms with Gasteiger partial charge in [-0.25, -0.2) is 4.79 Å². The minimum absolute atomic E-state index is 0.159. The summed E-state index contributed by atoms with van der Waals surface area (Å²) >= 11 is 0. The maximum absolute atomic E-state index is 12.5. The number of carbonyl (C=O) groups is 2. The summed E-state index contributed by atoms with van der Waals surface area (Å²) in [7, 11) is 4.57. The molecule has 0 saturated heterocycles. The third-order valence-corrected chi connectivity index (χ3v) is 4.97. The van der Waals surface area contributed by atoms with Crippen LogP contribution in [0.1, 0.15) is 21.6 Å². The predicted octanol–water partition coefficient (Wildman–Crippen LogP) is 3.56. The lowest BCUT2D eigenvalue weighted by Crippen LogP contribution is -2.28. The van der Waals surface area contributed by atoms with E-state index in [-0.39, 0.29) is 6.54 Å². The summed E-state index contributed by atoms with van der Waals surface area (Å²) in [5.74, 6) is 0.492. The van der Waals surface area contributed by atoms with Crippen molar-refractivity contribution in [2.24, 2.45) is 0 Å². The Morgan fingerprint density at radius 2 is 1.55 bits per heavy atom. The van der Waals surface area contributed by atoms with Crippen molar-refractivity contribution in [3.05, 3.63) is 71.4 Å². The van der Waals surface area contributed by atoms with Crippen LogP contribution in [0.25, 0.3) is 11.3 Å². The van der Waals surface area contributed by atoms with Gasteiger partial charge >= 0.3 is 5.97 Å². The van der Waals surface area contributed by atoms with E-state index in [1.807, 2.05) is 30.3 Å². The van der Waals surface area contributed by atoms with Gasteiger partial charge in [0, 0.05) is 23.7 Å². The number of hydrogen-bond acceptors (Lipinski definition) is 7. The number of esters is 1. The maximum Gasteiger partial charge on any atom is 0.340 e. The SMILES string of the molecule is COc1cc(OC)c(OC)cc1CNC(=O)COC(=O)c1ccc(-c2ccccc2)nc1C. The van der Waals surface area contributed by atoms with Gasteiger partial charge in [-0.1, -0.05) is 30.3 Å². The van der Waals surface area contributed by atoms with Gasteiger partial charge < -0.3 is 24.3 Å². The molecule has 1 aromatic heterocycles. The minimum atomic E-state index is -0.613. The zero-order valence-corrected chi connectivity index (χ0v) is 19.0. The third kappa shape index (κ3) is 5.79. The standard InChI is InChI=1S/C25H26N2O6/c1-16-19(10-11-20(27-16)17-8-6-5-7-9-17)25(29)33-15-24(28)26-14-18-12-22(31-3)23(32-4)13-21(18)30-2/h5-13H,14-15H2,1-4H3,(H,26,28). The van der Waals surface area contributed by atoms with Crippen LogP contribution in [0.3, 0.4) is 0 Å². The number of methoxy groups -OCH3 is 3. The number of aryl methyl sites for hydroxylation is 1. The van der Waals surface area contributed by atoms with Gasteiger partial charge in [0.1, 0.15) is 5.75 Å². The largest absolute Gasteiger partial charge is 0.496 e. The van der Waals surface area contributed by atoms with Crippen LogP contribution in [0.15, 0.2) is 54.6 Å². The number of nitrogens with one attached hydrogen (secondary N) is 1. The molecule has 8 nitrogen and oxygen atoms in total. The summed E-state index contributed by atoms with van der Waals surface area (Å²) in [6.07, 6.45) is 0. The topological polar surface area (TPSA) is 96.0 Å². The Labute approximate surface area is 192 Å². The molecule has 8 heteroatoms. The fraction of sp³-hybridized carbons (Fsp3) is 0.240. The smallest absolute Gasteiger partial charge is 0.340 e. The molecule has 0 atom stereocenters. The fourth-order valence-corrected chi connectivity index (χ4v) is 3.23. The summed E-state index contributed by atoms with van der Waals surface area (Å²) in [6.45, 7) is 1.47. The molecular formula is C25H26N2O6. The Morgan fingerprint density at radius 3 is 2.18 bits per heavy atom. The van der Waals surface area contributed by atoms with Crippen LogP contribution in [0.2, 0.25) is 0 Å². The number of aromatic nitrogens is 1. The summed E-state index contributed by atoms with van der Waals surface area (Å²) in [6, 6.07) is 16.4. The van der Waals surface area contributed by atoms with Gasteiger partial charge in [0.25, 0.3) is 5.91 Å². The van der Waals surface area contributed by atoms with Crippen LogP contribution in [0.5, 0.6) is 17.2 Å². The second-order valence-corrected chi connectivity index (χ2v) is 7.07. The van der Waals surface area contributed by atoms with Crippen LogP contribution < -0.4 is 19.5 Å². The molecule has 0 aliphatic rings. The molecule has 0 saturated carbocycles. The van der Waals surface area contributed by atoms with E-state index < -0.39 is 18.5 Å². The van der Waals surface area contributed by atoms with Crippen molar-refractivity contribution in [1.82, 2.24) is 10.3 Å². The van der Waals surface area contributed by atoms with Crippen LogP contribution in [-0.4, -0.2) is 44.8 Å². The van der Waals surface area contributed by atoms with Crippen molar-refractivity contribution in [3.8, 4) is 28.5 Å². The Hall–Kier alpha value is -4.07. The first-order valence-corrected chi connectivity index (χ1v) is 10.2. The first-order valence-electron chi connectivity index (χ1n) is 10.2. The molecule has 0 aliphatic heterocycles. The number of rotatable bonds is 9. The molecule has 0 fully saturated rings. The Morgan fingerprint density at radius 1 is 0.879 bits per heavy atom. The molecule has 0 unspecified atom stereocenters. The molecule has 3 aromatic rings. The number of nitrogens with zero attached hydrogens (tertiary/aromatic N) is 1. The summed E-state index contributed by atoms with van der Waals surface area (Å²) < 4.78 is 21.1. The van der Waals surface area contributed by atoms with Crippen LogP contribution in [0.4, 0.5) is 0 Å². The first kappa shape index (κ1) is 23.6. The van der Waals surface area contributed by atoms with E-state index >= 15 is 0 Å². The molecule has 2 aromatic carbocycles. The van der Waals surface area contributed by atoms with Crippen molar-refractivity contribution in [2.45, 2.75) is 13.5 Å². The lowest BCUT2D eigenvalue weighted by atomic mass is 10.1. The van der Waals surface area contributed by atoms with E-state index in [1.54, 1.807) is 31.2 Å². The molecule has 0 aliphatic carbocycles. The van der Waals surface area contributed by atoms with Crippen molar-refractivity contribution in [3.63, 3.8) is 0 Å². The Kier molecular flexibility index (Phi) is 7.86. The van der Waals surface area contributed by atoms with Gasteiger partial charge in [0.05, 0.1) is 38.3 Å². The van der Waals surface area contributed by atoms with Gasteiger partial charge in [0.15, 0.2) is 18.1 Å². The van der Waals surface area contributed by atoms with Crippen LogP contribution in [-0.2, 0) is 16.1 Å². The fourth-order valence-electron chi connectivity index (χ4n) is 3.23. The summed E-state index contributed by atoms with van der Waals surface area (Å²) in [4.78, 5) is 29.2. The maximum atomic E-state index is 12.5. The molecule has 1 amide bonds. The van der Waals surface area contributed by atoms with E-state index in [9.17, 15) is 9.59 Å². The molecule has 0 radical (unpaired) electrons. The van der Waals surface area contributed by atoms with Crippen LogP contribution in [0, 0.1) is 6.92 Å². The highest BCUT2D eigenvalue weighted by atomic mass is 16.5. The number of pyridine rings is 1. The van der Waals surface area contributed by atoms with Crippen molar-refractivity contribution >= 4 is 11.9 Å². The molecule has 3 rings (SSSR count). The van der Waals surface area contributed by atoms with Crippen molar-refractivity contribution in [1.29, 1.82) is 0 Å². The van der Waals surface area contributed by atoms with Crippen molar-refractivity contribution in [2.75, 3.05) is 27.9 Å². The number of benzene rings is 2. The second-order valence-electron chi connectivity index (χ2n) is 7.07. The van der Waals surface area contributed by atoms with E-state index in [2.05, 4.69) is 10.3 Å². The van der Waals surface area contributed by atoms with Gasteiger partial charge in [-0.3, -0.25) is 9.78 Å². The van der Waals surface area contributed by atoms with Gasteiger partial charge in [-0.2, -0.15) is 0 Å². The summed E-state index contributed by atoms with van der Waals surface area (Å²) in [5.41, 5.74) is 3.23. The predicted molar refractivity (Wildman–Crippen MR) is 123 cm³/mol. The lowest BCUT2D eigenvalue weighted by Gasteiger charge is -2.14. The number of amides is 1. The molecule has 1 heterocycles. The number of hydrogen-bond donors (Lipinski definition) is 1. The monoisotopic (exact) mass is 450 g/mol. The average Bonchev–Trinajstić information content (AvgIpc) is 2.85. The van der Waals surface area contributed by atoms with Gasteiger partial charge in [0.2, 0.25) is 0 Å². The van der Waals surface area contributed by atoms with Crippen molar-refractivity contribution < 1.29 is 28.5 Å². The zero-order valence-electron chi connectivity index (χ0n) is 19.0. The van der Waals surface area contributed by atoms with E-state index in [0.717, 1.165) is 11.3 Å². The van der Waals surface area contributed by atoms with E-state index in [0.29, 0.717) is 34.1 Å². The Bertz CT molecular complexity index is 1130. The minimum Gasteiger partial charge on any atom is -0.496 e. The van der Waals surface area contributed by atoms with Gasteiger partial charge in [-0.15, -0.1) is 0 Å². The van der Waals surface area contributed by atoms with E-state index in [1.165, 1.54) is 21.3 Å². The van der Waals surface area contributed by atoms with E-state index in [4.69, 9.17) is 18.9 Å². The molecule has 33 heavy (non-hydrogen) atoms. The number of ether oxygens (including phenoxy) is 4. The molecule has 0 spiro atoms. The molecular weight excluding hydrogens is 424 g/mol. The zero-order chi connectivity index (χ0) is 23.8. The molecule has 0 bridgehead atoms. The highest BCUT2D eigenvalue weighted by Crippen LogP contribution is 2.34. The highest BCUT2D eigenvalue weighted by Gasteiger charge is 2.16. The lowest BCUT2D eigenvalue weighted by molar-refractivity contribution is -0.124. The van der Waals surface area contributed by atoms with Crippen LogP contribution >= 0.6 is 0 Å². The number of carbonyl (C=O) groups excluding carboxylic acids is 2. The first-order chi connectivity index (χ1) is 16.0. The summed E-state index contributed by atoms with van der Waals surface area (Å²) in [5, 5.41) is 2.71.